The first-order valence-electron chi connectivity index (χ1n) is 11.2. The Kier molecular flexibility index (Phi) is 9.02. The zero-order valence-corrected chi connectivity index (χ0v) is 19.4. The van der Waals surface area contributed by atoms with Crippen molar-refractivity contribution in [3.05, 3.63) is 23.4 Å². The molecule has 31 heavy (non-hydrogen) atoms. The van der Waals surface area contributed by atoms with Gasteiger partial charge in [0.1, 0.15) is 0 Å². The zero-order valence-electron chi connectivity index (χ0n) is 18.6. The van der Waals surface area contributed by atoms with Crippen LogP contribution < -0.4 is 0 Å². The van der Waals surface area contributed by atoms with E-state index in [0.29, 0.717) is 50.6 Å². The Bertz CT molecular complexity index is 809. The van der Waals surface area contributed by atoms with E-state index in [1.807, 2.05) is 27.3 Å². The molecular weight excluding hydrogens is 414 g/mol. The van der Waals surface area contributed by atoms with Gasteiger partial charge >= 0.3 is 0 Å². The van der Waals surface area contributed by atoms with Crippen LogP contribution in [0.3, 0.4) is 0 Å². The van der Waals surface area contributed by atoms with Crippen LogP contribution in [0.25, 0.3) is 10.7 Å². The van der Waals surface area contributed by atoms with Gasteiger partial charge in [-0.2, -0.15) is 4.98 Å². The Labute approximate surface area is 188 Å². The van der Waals surface area contributed by atoms with Crippen molar-refractivity contribution in [3.63, 3.8) is 0 Å². The summed E-state index contributed by atoms with van der Waals surface area (Å²) in [6.07, 6.45) is 3.44. The number of carbonyl (C=O) groups is 2. The number of carbonyl (C=O) groups excluding carboxylic acids is 2. The summed E-state index contributed by atoms with van der Waals surface area (Å²) < 4.78 is 5.38. The van der Waals surface area contributed by atoms with Gasteiger partial charge in [0.15, 0.2) is 0 Å². The van der Waals surface area contributed by atoms with Gasteiger partial charge in [0.2, 0.25) is 23.5 Å². The molecule has 1 fully saturated rings. The van der Waals surface area contributed by atoms with Gasteiger partial charge in [-0.15, -0.1) is 11.3 Å². The molecule has 0 spiro atoms. The van der Waals surface area contributed by atoms with Gasteiger partial charge in [0, 0.05) is 52.1 Å². The van der Waals surface area contributed by atoms with Gasteiger partial charge in [-0.25, -0.2) is 0 Å². The summed E-state index contributed by atoms with van der Waals surface area (Å²) in [5.41, 5.74) is 0. The first-order chi connectivity index (χ1) is 15.1. The first kappa shape index (κ1) is 23.4. The Balaban J connectivity index is 1.36. The van der Waals surface area contributed by atoms with E-state index in [1.54, 1.807) is 11.3 Å². The molecule has 170 valence electrons. The van der Waals surface area contributed by atoms with Crippen LogP contribution in [0.5, 0.6) is 0 Å². The molecule has 1 saturated heterocycles. The molecule has 1 aliphatic heterocycles. The van der Waals surface area contributed by atoms with Crippen molar-refractivity contribution in [2.24, 2.45) is 0 Å². The van der Waals surface area contributed by atoms with E-state index in [9.17, 15) is 9.59 Å². The third-order valence-corrected chi connectivity index (χ3v) is 6.28. The van der Waals surface area contributed by atoms with Crippen LogP contribution in [-0.4, -0.2) is 75.9 Å². The lowest BCUT2D eigenvalue weighted by Gasteiger charge is -2.34. The van der Waals surface area contributed by atoms with Gasteiger partial charge in [-0.3, -0.25) is 14.5 Å². The first-order valence-corrected chi connectivity index (χ1v) is 12.1. The predicted octanol–water partition coefficient (Wildman–Crippen LogP) is 3.26. The van der Waals surface area contributed by atoms with Crippen LogP contribution in [0.4, 0.5) is 0 Å². The molecular formula is C22H33N5O3S. The second-order valence-corrected chi connectivity index (χ2v) is 8.83. The molecule has 2 aromatic rings. The maximum Gasteiger partial charge on any atom is 0.241 e. The Morgan fingerprint density at radius 2 is 1.87 bits per heavy atom. The Morgan fingerprint density at radius 1 is 1.13 bits per heavy atom. The van der Waals surface area contributed by atoms with Crippen LogP contribution in [0.15, 0.2) is 22.0 Å². The average molecular weight is 448 g/mol. The van der Waals surface area contributed by atoms with E-state index in [1.165, 1.54) is 0 Å². The molecule has 9 heteroatoms. The molecule has 0 radical (unpaired) electrons. The van der Waals surface area contributed by atoms with Gasteiger partial charge < -0.3 is 14.3 Å². The van der Waals surface area contributed by atoms with Gasteiger partial charge in [-0.1, -0.05) is 25.1 Å². The fourth-order valence-electron chi connectivity index (χ4n) is 3.78. The van der Waals surface area contributed by atoms with Gasteiger partial charge in [0.05, 0.1) is 11.4 Å². The van der Waals surface area contributed by atoms with Crippen molar-refractivity contribution in [1.82, 2.24) is 24.8 Å². The highest BCUT2D eigenvalue weighted by Gasteiger charge is 2.23. The van der Waals surface area contributed by atoms with Crippen molar-refractivity contribution in [1.29, 1.82) is 0 Å². The van der Waals surface area contributed by atoms with Crippen molar-refractivity contribution in [3.8, 4) is 10.7 Å². The normalized spacial score (nSPS) is 14.7. The Hall–Kier alpha value is -2.26. The molecule has 3 rings (SSSR count). The molecule has 0 aliphatic carbocycles. The molecule has 1 aliphatic rings. The number of aromatic nitrogens is 2. The minimum Gasteiger partial charge on any atom is -0.343 e. The van der Waals surface area contributed by atoms with E-state index in [0.717, 1.165) is 43.9 Å². The van der Waals surface area contributed by atoms with Crippen LogP contribution in [0.2, 0.25) is 0 Å². The molecule has 0 aromatic carbocycles. The van der Waals surface area contributed by atoms with E-state index in [2.05, 4.69) is 28.9 Å². The molecule has 2 aromatic heterocycles. The van der Waals surface area contributed by atoms with Crippen molar-refractivity contribution in [2.45, 2.75) is 52.5 Å². The number of hydrogen-bond donors (Lipinski definition) is 0. The van der Waals surface area contributed by atoms with Gasteiger partial charge in [0.25, 0.3) is 0 Å². The maximum absolute atomic E-state index is 12.5. The lowest BCUT2D eigenvalue weighted by atomic mass is 10.2. The van der Waals surface area contributed by atoms with Crippen molar-refractivity contribution in [2.75, 3.05) is 39.3 Å². The summed E-state index contributed by atoms with van der Waals surface area (Å²) in [6, 6.07) is 3.94. The van der Waals surface area contributed by atoms with Crippen LogP contribution in [-0.2, 0) is 16.1 Å². The summed E-state index contributed by atoms with van der Waals surface area (Å²) in [6.45, 7) is 9.31. The second-order valence-electron chi connectivity index (χ2n) is 7.88. The fraction of sp³-hybridized carbons (Fsp3) is 0.636. The Morgan fingerprint density at radius 3 is 2.52 bits per heavy atom. The number of thiophene rings is 1. The lowest BCUT2D eigenvalue weighted by molar-refractivity contribution is -0.134. The number of rotatable bonds is 11. The average Bonchev–Trinajstić information content (AvgIpc) is 3.46. The summed E-state index contributed by atoms with van der Waals surface area (Å²) in [7, 11) is 0. The highest BCUT2D eigenvalue weighted by molar-refractivity contribution is 7.13. The minimum atomic E-state index is 0.141. The molecule has 0 bridgehead atoms. The number of amides is 2. The molecule has 0 N–H and O–H groups in total. The third kappa shape index (κ3) is 6.87. The topological polar surface area (TPSA) is 82.8 Å². The van der Waals surface area contributed by atoms with E-state index >= 15 is 0 Å². The highest BCUT2D eigenvalue weighted by atomic mass is 32.1. The SMILES string of the molecule is CCCN(CCC)C(=O)CCCC(=O)N1CCN(Cc2nc(-c3cccs3)no2)CC1. The molecule has 0 saturated carbocycles. The van der Waals surface area contributed by atoms with E-state index in [4.69, 9.17) is 4.52 Å². The molecule has 8 nitrogen and oxygen atoms in total. The summed E-state index contributed by atoms with van der Waals surface area (Å²) >= 11 is 1.59. The van der Waals surface area contributed by atoms with Crippen molar-refractivity contribution >= 4 is 23.2 Å². The van der Waals surface area contributed by atoms with Crippen LogP contribution in [0.1, 0.15) is 51.8 Å². The summed E-state index contributed by atoms with van der Waals surface area (Å²) in [5, 5.41) is 6.04. The molecule has 0 unspecified atom stereocenters. The molecule has 2 amide bonds. The van der Waals surface area contributed by atoms with Crippen molar-refractivity contribution < 1.29 is 14.1 Å². The molecule has 0 atom stereocenters. The largest absolute Gasteiger partial charge is 0.343 e. The quantitative estimate of drug-likeness (QED) is 0.526. The maximum atomic E-state index is 12.5. The number of piperazine rings is 1. The van der Waals surface area contributed by atoms with E-state index in [-0.39, 0.29) is 11.8 Å². The molecule has 3 heterocycles. The fourth-order valence-corrected chi connectivity index (χ4v) is 4.43. The minimum absolute atomic E-state index is 0.141. The summed E-state index contributed by atoms with van der Waals surface area (Å²) in [5.74, 6) is 1.54. The van der Waals surface area contributed by atoms with Crippen LogP contribution in [0, 0.1) is 0 Å². The predicted molar refractivity (Wildman–Crippen MR) is 120 cm³/mol. The standard InChI is InChI=1S/C22H33N5O3S/c1-3-10-26(11-4-2)20(28)8-5-9-21(29)27-14-12-25(13-15-27)17-19-23-22(24-30-19)18-7-6-16-31-18/h6-7,16H,3-5,8-15,17H2,1-2H3. The number of hydrogen-bond acceptors (Lipinski definition) is 7. The summed E-state index contributed by atoms with van der Waals surface area (Å²) in [4.78, 5) is 36.4. The highest BCUT2D eigenvalue weighted by Crippen LogP contribution is 2.21. The number of nitrogens with zero attached hydrogens (tertiary/aromatic N) is 5. The van der Waals surface area contributed by atoms with Crippen LogP contribution >= 0.6 is 11.3 Å². The second kappa shape index (κ2) is 12.0. The van der Waals surface area contributed by atoms with Gasteiger partial charge in [-0.05, 0) is 30.7 Å². The lowest BCUT2D eigenvalue weighted by Crippen LogP contribution is -2.48. The monoisotopic (exact) mass is 447 g/mol. The zero-order chi connectivity index (χ0) is 22.1. The smallest absolute Gasteiger partial charge is 0.241 e. The van der Waals surface area contributed by atoms with E-state index < -0.39 is 0 Å². The third-order valence-electron chi connectivity index (χ3n) is 5.41.